The lowest BCUT2D eigenvalue weighted by Gasteiger charge is -2.38. The van der Waals surface area contributed by atoms with E-state index in [1.807, 2.05) is 0 Å². The Morgan fingerprint density at radius 2 is 1.79 bits per heavy atom. The molecule has 6 heteroatoms. The number of aliphatic hydroxyl groups excluding tert-OH is 1. The number of hydrogen-bond acceptors (Lipinski definition) is 4. The fourth-order valence-corrected chi connectivity index (χ4v) is 3.78. The van der Waals surface area contributed by atoms with Gasteiger partial charge in [-0.25, -0.2) is 8.42 Å². The number of ether oxygens (including phenoxy) is 1. The fourth-order valence-electron chi connectivity index (χ4n) is 1.81. The van der Waals surface area contributed by atoms with Gasteiger partial charge in [-0.15, -0.1) is 0 Å². The van der Waals surface area contributed by atoms with E-state index in [1.54, 1.807) is 0 Å². The van der Waals surface area contributed by atoms with Crippen molar-refractivity contribution in [3.8, 4) is 0 Å². The molecule has 0 atom stereocenters. The van der Waals surface area contributed by atoms with Gasteiger partial charge in [0.25, 0.3) is 0 Å². The molecule has 14 heavy (non-hydrogen) atoms. The summed E-state index contributed by atoms with van der Waals surface area (Å²) in [5.74, 6) is 0. The molecule has 1 N–H and O–H groups in total. The van der Waals surface area contributed by atoms with Crippen LogP contribution in [0.5, 0.6) is 0 Å². The highest BCUT2D eigenvalue weighted by Gasteiger charge is 2.39. The van der Waals surface area contributed by atoms with Gasteiger partial charge in [-0.2, -0.15) is 4.31 Å². The first-order chi connectivity index (χ1) is 6.60. The zero-order valence-electron chi connectivity index (χ0n) is 7.92. The van der Waals surface area contributed by atoms with E-state index in [-0.39, 0.29) is 18.3 Å². The molecule has 2 saturated heterocycles. The van der Waals surface area contributed by atoms with Crippen molar-refractivity contribution in [1.29, 1.82) is 0 Å². The topological polar surface area (TPSA) is 66.8 Å². The Kier molecular flexibility index (Phi) is 2.79. The average molecular weight is 221 g/mol. The minimum Gasteiger partial charge on any atom is -0.390 e. The molecule has 0 aromatic heterocycles. The normalized spacial score (nSPS) is 27.5. The molecule has 0 saturated carbocycles. The second-order valence-corrected chi connectivity index (χ2v) is 6.04. The molecule has 2 aliphatic heterocycles. The maximum absolute atomic E-state index is 11.9. The Hall–Kier alpha value is -0.170. The van der Waals surface area contributed by atoms with E-state index in [9.17, 15) is 8.42 Å². The Morgan fingerprint density at radius 3 is 2.29 bits per heavy atom. The van der Waals surface area contributed by atoms with Crippen LogP contribution >= 0.6 is 0 Å². The third kappa shape index (κ3) is 1.79. The summed E-state index contributed by atoms with van der Waals surface area (Å²) in [5.41, 5.74) is 0. The fraction of sp³-hybridized carbons (Fsp3) is 1.00. The molecule has 2 heterocycles. The van der Waals surface area contributed by atoms with Crippen molar-refractivity contribution in [3.63, 3.8) is 0 Å². The van der Waals surface area contributed by atoms with Crippen LogP contribution < -0.4 is 0 Å². The van der Waals surface area contributed by atoms with Crippen LogP contribution in [0.25, 0.3) is 0 Å². The van der Waals surface area contributed by atoms with Crippen molar-refractivity contribution in [2.45, 2.75) is 24.2 Å². The van der Waals surface area contributed by atoms with Crippen LogP contribution in [0, 0.1) is 0 Å². The first-order valence-corrected chi connectivity index (χ1v) is 6.36. The quantitative estimate of drug-likeness (QED) is 0.661. The van der Waals surface area contributed by atoms with Gasteiger partial charge in [0.2, 0.25) is 10.0 Å². The van der Waals surface area contributed by atoms with Crippen LogP contribution in [-0.4, -0.2) is 55.5 Å². The number of aliphatic hydroxyl groups is 1. The first-order valence-electron chi connectivity index (χ1n) is 4.85. The van der Waals surface area contributed by atoms with Gasteiger partial charge in [0, 0.05) is 26.3 Å². The standard InChI is InChI=1S/C8H15NO4S/c10-7-5-9(6-7)14(11,12)8-1-3-13-4-2-8/h7-8,10H,1-6H2. The molecule has 2 rings (SSSR count). The maximum atomic E-state index is 11.9. The number of nitrogens with zero attached hydrogens (tertiary/aromatic N) is 1. The second kappa shape index (κ2) is 3.77. The zero-order valence-corrected chi connectivity index (χ0v) is 8.74. The van der Waals surface area contributed by atoms with Crippen molar-refractivity contribution in [3.05, 3.63) is 0 Å². The van der Waals surface area contributed by atoms with Gasteiger partial charge < -0.3 is 9.84 Å². The number of rotatable bonds is 2. The molecule has 0 aromatic rings. The number of β-amino-alcohol motifs (C(OH)–C–C–N with tert-alkyl or cyclic N) is 1. The molecule has 0 unspecified atom stereocenters. The summed E-state index contributed by atoms with van der Waals surface area (Å²) in [6, 6.07) is 0. The van der Waals surface area contributed by atoms with Crippen molar-refractivity contribution in [2.24, 2.45) is 0 Å². The van der Waals surface area contributed by atoms with Crippen molar-refractivity contribution in [2.75, 3.05) is 26.3 Å². The van der Waals surface area contributed by atoms with E-state index in [4.69, 9.17) is 9.84 Å². The Balaban J connectivity index is 2.00. The molecule has 5 nitrogen and oxygen atoms in total. The lowest BCUT2D eigenvalue weighted by Crippen LogP contribution is -2.56. The van der Waals surface area contributed by atoms with Gasteiger partial charge in [0.1, 0.15) is 0 Å². The minimum atomic E-state index is -3.16. The van der Waals surface area contributed by atoms with E-state index in [2.05, 4.69) is 0 Å². The molecular formula is C8H15NO4S. The maximum Gasteiger partial charge on any atom is 0.217 e. The van der Waals surface area contributed by atoms with Gasteiger partial charge in [-0.3, -0.25) is 0 Å². The molecular weight excluding hydrogens is 206 g/mol. The highest BCUT2D eigenvalue weighted by Crippen LogP contribution is 2.23. The average Bonchev–Trinajstić information content (AvgIpc) is 2.14. The summed E-state index contributed by atoms with van der Waals surface area (Å²) in [5, 5.41) is 8.75. The summed E-state index contributed by atoms with van der Waals surface area (Å²) >= 11 is 0. The summed E-state index contributed by atoms with van der Waals surface area (Å²) in [6.45, 7) is 1.58. The second-order valence-electron chi connectivity index (χ2n) is 3.83. The van der Waals surface area contributed by atoms with Gasteiger partial charge in [-0.1, -0.05) is 0 Å². The molecule has 2 aliphatic rings. The molecule has 0 aromatic carbocycles. The van der Waals surface area contributed by atoms with Crippen LogP contribution in [0.3, 0.4) is 0 Å². The summed E-state index contributed by atoms with van der Waals surface area (Å²) in [7, 11) is -3.16. The zero-order chi connectivity index (χ0) is 10.2. The summed E-state index contributed by atoms with van der Waals surface area (Å²) in [4.78, 5) is 0. The van der Waals surface area contributed by atoms with Gasteiger partial charge in [0.15, 0.2) is 0 Å². The Labute approximate surface area is 83.7 Å². The van der Waals surface area contributed by atoms with Crippen LogP contribution in [0.4, 0.5) is 0 Å². The van der Waals surface area contributed by atoms with Gasteiger partial charge >= 0.3 is 0 Å². The van der Waals surface area contributed by atoms with E-state index in [0.29, 0.717) is 26.1 Å². The van der Waals surface area contributed by atoms with Crippen LogP contribution in [-0.2, 0) is 14.8 Å². The Bertz CT molecular complexity index is 290. The van der Waals surface area contributed by atoms with Crippen molar-refractivity contribution in [1.82, 2.24) is 4.31 Å². The van der Waals surface area contributed by atoms with Gasteiger partial charge in [-0.05, 0) is 12.8 Å². The number of sulfonamides is 1. The van der Waals surface area contributed by atoms with E-state index in [0.717, 1.165) is 0 Å². The molecule has 0 spiro atoms. The summed E-state index contributed by atoms with van der Waals surface area (Å²) < 4.78 is 30.2. The third-order valence-electron chi connectivity index (χ3n) is 2.78. The van der Waals surface area contributed by atoms with E-state index in [1.165, 1.54) is 4.31 Å². The van der Waals surface area contributed by atoms with Crippen molar-refractivity contribution < 1.29 is 18.3 Å². The lowest BCUT2D eigenvalue weighted by molar-refractivity contribution is 0.0511. The smallest absolute Gasteiger partial charge is 0.217 e. The monoisotopic (exact) mass is 221 g/mol. The van der Waals surface area contributed by atoms with Gasteiger partial charge in [0.05, 0.1) is 11.4 Å². The number of hydrogen-bond donors (Lipinski definition) is 1. The molecule has 0 radical (unpaired) electrons. The minimum absolute atomic E-state index is 0.264. The SMILES string of the molecule is O=S(=O)(C1CCOCC1)N1CC(O)C1. The largest absolute Gasteiger partial charge is 0.390 e. The first kappa shape index (κ1) is 10.4. The highest BCUT2D eigenvalue weighted by molar-refractivity contribution is 7.89. The Morgan fingerprint density at radius 1 is 1.21 bits per heavy atom. The lowest BCUT2D eigenvalue weighted by atomic mass is 10.2. The molecule has 82 valence electrons. The molecule has 2 fully saturated rings. The van der Waals surface area contributed by atoms with Crippen LogP contribution in [0.2, 0.25) is 0 Å². The van der Waals surface area contributed by atoms with Crippen LogP contribution in [0.15, 0.2) is 0 Å². The third-order valence-corrected chi connectivity index (χ3v) is 5.11. The van der Waals surface area contributed by atoms with E-state index < -0.39 is 16.1 Å². The predicted molar refractivity (Wildman–Crippen MR) is 50.3 cm³/mol. The van der Waals surface area contributed by atoms with E-state index >= 15 is 0 Å². The van der Waals surface area contributed by atoms with Crippen LogP contribution in [0.1, 0.15) is 12.8 Å². The van der Waals surface area contributed by atoms with Crippen molar-refractivity contribution >= 4 is 10.0 Å². The molecule has 0 bridgehead atoms. The summed E-state index contributed by atoms with van der Waals surface area (Å²) in [6.07, 6.45) is 0.689. The molecule has 0 aliphatic carbocycles. The predicted octanol–water partition coefficient (Wildman–Crippen LogP) is -0.828. The highest BCUT2D eigenvalue weighted by atomic mass is 32.2. The molecule has 0 amide bonds.